The van der Waals surface area contributed by atoms with E-state index in [4.69, 9.17) is 4.74 Å². The van der Waals surface area contributed by atoms with E-state index < -0.39 is 17.8 Å². The quantitative estimate of drug-likeness (QED) is 0.898. The highest BCUT2D eigenvalue weighted by atomic mass is 19.4. The van der Waals surface area contributed by atoms with E-state index in [2.05, 4.69) is 10.6 Å². The third-order valence-corrected chi connectivity index (χ3v) is 2.96. The molecule has 1 heterocycles. The zero-order valence-electron chi connectivity index (χ0n) is 10.7. The molecule has 0 aliphatic carbocycles. The highest BCUT2D eigenvalue weighted by Gasteiger charge is 2.30. The van der Waals surface area contributed by atoms with Crippen LogP contribution in [0.25, 0.3) is 0 Å². The van der Waals surface area contributed by atoms with E-state index in [0.717, 1.165) is 25.0 Å². The van der Waals surface area contributed by atoms with Crippen molar-refractivity contribution in [3.63, 3.8) is 0 Å². The smallest absolute Gasteiger partial charge is 0.376 e. The summed E-state index contributed by atoms with van der Waals surface area (Å²) in [6.07, 6.45) is -2.60. The third-order valence-electron chi connectivity index (χ3n) is 2.96. The van der Waals surface area contributed by atoms with Gasteiger partial charge in [0, 0.05) is 18.8 Å². The minimum absolute atomic E-state index is 0.0118. The van der Waals surface area contributed by atoms with Crippen LogP contribution in [0.2, 0.25) is 0 Å². The molecule has 1 saturated heterocycles. The van der Waals surface area contributed by atoms with E-state index in [1.165, 1.54) is 12.1 Å². The Hall–Kier alpha value is -1.76. The summed E-state index contributed by atoms with van der Waals surface area (Å²) in [4.78, 5) is 11.6. The van der Waals surface area contributed by atoms with Gasteiger partial charge in [-0.15, -0.1) is 0 Å². The van der Waals surface area contributed by atoms with Crippen LogP contribution >= 0.6 is 0 Å². The number of hydrogen-bond acceptors (Lipinski definition) is 2. The lowest BCUT2D eigenvalue weighted by atomic mass is 10.2. The average Bonchev–Trinajstić information content (AvgIpc) is 2.89. The van der Waals surface area contributed by atoms with Crippen LogP contribution in [-0.2, 0) is 10.9 Å². The third kappa shape index (κ3) is 4.12. The zero-order chi connectivity index (χ0) is 14.6. The number of amides is 2. The van der Waals surface area contributed by atoms with E-state index in [1.54, 1.807) is 0 Å². The molecule has 2 rings (SSSR count). The van der Waals surface area contributed by atoms with Crippen molar-refractivity contribution in [3.8, 4) is 0 Å². The topological polar surface area (TPSA) is 50.4 Å². The van der Waals surface area contributed by atoms with Gasteiger partial charge in [-0.1, -0.05) is 6.07 Å². The minimum atomic E-state index is -4.42. The van der Waals surface area contributed by atoms with Gasteiger partial charge in [0.1, 0.15) is 0 Å². The number of rotatable bonds is 3. The van der Waals surface area contributed by atoms with E-state index >= 15 is 0 Å². The molecule has 0 spiro atoms. The van der Waals surface area contributed by atoms with Crippen LogP contribution in [0.4, 0.5) is 23.7 Å². The van der Waals surface area contributed by atoms with E-state index in [1.807, 2.05) is 0 Å². The molecule has 7 heteroatoms. The molecule has 1 aliphatic heterocycles. The number of carbonyl (C=O) groups excluding carboxylic acids is 1. The van der Waals surface area contributed by atoms with Crippen molar-refractivity contribution >= 4 is 11.7 Å². The van der Waals surface area contributed by atoms with Gasteiger partial charge in [0.05, 0.1) is 11.7 Å². The van der Waals surface area contributed by atoms with Crippen LogP contribution in [0.15, 0.2) is 24.3 Å². The lowest BCUT2D eigenvalue weighted by Crippen LogP contribution is -2.35. The van der Waals surface area contributed by atoms with Crippen molar-refractivity contribution in [3.05, 3.63) is 29.8 Å². The normalized spacial score (nSPS) is 18.9. The molecule has 0 unspecified atom stereocenters. The van der Waals surface area contributed by atoms with Crippen LogP contribution in [0.3, 0.4) is 0 Å². The Bertz CT molecular complexity index is 471. The van der Waals surface area contributed by atoms with Crippen molar-refractivity contribution in [2.24, 2.45) is 0 Å². The van der Waals surface area contributed by atoms with E-state index in [0.29, 0.717) is 13.2 Å². The number of ether oxygens (including phenoxy) is 1. The first-order valence-electron chi connectivity index (χ1n) is 6.29. The van der Waals surface area contributed by atoms with Gasteiger partial charge < -0.3 is 15.4 Å². The second-order valence-electron chi connectivity index (χ2n) is 4.55. The molecule has 2 amide bonds. The van der Waals surface area contributed by atoms with Gasteiger partial charge in [0.2, 0.25) is 0 Å². The first kappa shape index (κ1) is 14.6. The van der Waals surface area contributed by atoms with Gasteiger partial charge in [-0.05, 0) is 31.0 Å². The van der Waals surface area contributed by atoms with E-state index in [9.17, 15) is 18.0 Å². The Labute approximate surface area is 114 Å². The molecule has 1 aromatic rings. The molecule has 1 aromatic carbocycles. The van der Waals surface area contributed by atoms with Crippen molar-refractivity contribution in [1.29, 1.82) is 0 Å². The van der Waals surface area contributed by atoms with Crippen LogP contribution in [0.1, 0.15) is 18.4 Å². The van der Waals surface area contributed by atoms with Gasteiger partial charge in [0.25, 0.3) is 0 Å². The summed E-state index contributed by atoms with van der Waals surface area (Å²) in [6.45, 7) is 1.03. The van der Waals surface area contributed by atoms with Crippen molar-refractivity contribution in [2.75, 3.05) is 18.5 Å². The Morgan fingerprint density at radius 1 is 1.40 bits per heavy atom. The summed E-state index contributed by atoms with van der Waals surface area (Å²) in [5.41, 5.74) is -0.695. The molecule has 0 saturated carbocycles. The Morgan fingerprint density at radius 2 is 2.20 bits per heavy atom. The first-order chi connectivity index (χ1) is 9.45. The summed E-state index contributed by atoms with van der Waals surface area (Å²) >= 11 is 0. The molecule has 0 aromatic heterocycles. The maximum atomic E-state index is 12.5. The molecule has 0 radical (unpaired) electrons. The number of hydrogen-bond donors (Lipinski definition) is 2. The molecule has 1 fully saturated rings. The van der Waals surface area contributed by atoms with Gasteiger partial charge in [-0.3, -0.25) is 0 Å². The molecule has 110 valence electrons. The van der Waals surface area contributed by atoms with Crippen molar-refractivity contribution < 1.29 is 22.7 Å². The summed E-state index contributed by atoms with van der Waals surface area (Å²) < 4.78 is 42.9. The van der Waals surface area contributed by atoms with E-state index in [-0.39, 0.29) is 11.8 Å². The molecule has 4 nitrogen and oxygen atoms in total. The van der Waals surface area contributed by atoms with Gasteiger partial charge in [-0.25, -0.2) is 4.79 Å². The maximum absolute atomic E-state index is 12.5. The molecular weight excluding hydrogens is 273 g/mol. The largest absolute Gasteiger partial charge is 0.416 e. The Kier molecular flexibility index (Phi) is 4.49. The predicted molar refractivity (Wildman–Crippen MR) is 67.4 cm³/mol. The highest BCUT2D eigenvalue weighted by molar-refractivity contribution is 5.89. The van der Waals surface area contributed by atoms with Crippen LogP contribution < -0.4 is 10.6 Å². The van der Waals surface area contributed by atoms with Crippen LogP contribution in [-0.4, -0.2) is 25.3 Å². The molecule has 1 atom stereocenters. The molecule has 2 N–H and O–H groups in total. The standard InChI is InChI=1S/C13H15F3N2O2/c14-13(15,16)9-3-1-4-10(7-9)18-12(19)17-8-11-5-2-6-20-11/h1,3-4,7,11H,2,5-6,8H2,(H2,17,18,19)/t11-/m1/s1. The summed E-state index contributed by atoms with van der Waals surface area (Å²) in [5.74, 6) is 0. The monoisotopic (exact) mass is 288 g/mol. The number of alkyl halides is 3. The summed E-state index contributed by atoms with van der Waals surface area (Å²) in [5, 5.41) is 4.95. The SMILES string of the molecule is O=C(NC[C@H]1CCCO1)Nc1cccc(C(F)(F)F)c1. The fraction of sp³-hybridized carbons (Fsp3) is 0.462. The highest BCUT2D eigenvalue weighted by Crippen LogP contribution is 2.30. The second kappa shape index (κ2) is 6.13. The number of nitrogens with one attached hydrogen (secondary N) is 2. The summed E-state index contributed by atoms with van der Waals surface area (Å²) in [6, 6.07) is 3.96. The molecule has 1 aliphatic rings. The number of anilines is 1. The van der Waals surface area contributed by atoms with Gasteiger partial charge in [0.15, 0.2) is 0 Å². The first-order valence-corrected chi connectivity index (χ1v) is 6.29. The van der Waals surface area contributed by atoms with Gasteiger partial charge in [-0.2, -0.15) is 13.2 Å². The lowest BCUT2D eigenvalue weighted by molar-refractivity contribution is -0.137. The Balaban J connectivity index is 1.87. The fourth-order valence-electron chi connectivity index (χ4n) is 1.96. The molecule has 20 heavy (non-hydrogen) atoms. The lowest BCUT2D eigenvalue weighted by Gasteiger charge is -2.13. The molecule has 0 bridgehead atoms. The Morgan fingerprint density at radius 3 is 2.85 bits per heavy atom. The molecular formula is C13H15F3N2O2. The number of carbonyl (C=O) groups is 1. The van der Waals surface area contributed by atoms with Crippen LogP contribution in [0.5, 0.6) is 0 Å². The fourth-order valence-corrected chi connectivity index (χ4v) is 1.96. The van der Waals surface area contributed by atoms with Crippen molar-refractivity contribution in [1.82, 2.24) is 5.32 Å². The van der Waals surface area contributed by atoms with Gasteiger partial charge >= 0.3 is 12.2 Å². The van der Waals surface area contributed by atoms with Crippen LogP contribution in [0, 0.1) is 0 Å². The second-order valence-corrected chi connectivity index (χ2v) is 4.55. The number of halogens is 3. The number of benzene rings is 1. The number of urea groups is 1. The summed E-state index contributed by atoms with van der Waals surface area (Å²) in [7, 11) is 0. The maximum Gasteiger partial charge on any atom is 0.416 e. The average molecular weight is 288 g/mol. The predicted octanol–water partition coefficient (Wildman–Crippen LogP) is 3.01. The van der Waals surface area contributed by atoms with Crippen molar-refractivity contribution in [2.45, 2.75) is 25.1 Å². The zero-order valence-corrected chi connectivity index (χ0v) is 10.7. The minimum Gasteiger partial charge on any atom is -0.376 e.